The van der Waals surface area contributed by atoms with E-state index in [2.05, 4.69) is 9.97 Å². The molecule has 0 amide bonds. The highest BCUT2D eigenvalue weighted by molar-refractivity contribution is 6.12. The number of pyridine rings is 2. The van der Waals surface area contributed by atoms with E-state index in [4.69, 9.17) is 21.2 Å². The van der Waals surface area contributed by atoms with E-state index >= 15 is 0 Å². The van der Waals surface area contributed by atoms with Crippen molar-refractivity contribution in [3.8, 4) is 17.0 Å². The number of benzene rings is 1. The molecule has 0 radical (unpaired) electrons. The summed E-state index contributed by atoms with van der Waals surface area (Å²) in [4.78, 5) is 14.0. The Balaban J connectivity index is 1.71. The van der Waals surface area contributed by atoms with Crippen molar-refractivity contribution in [2.24, 2.45) is 16.6 Å². The number of nitrogens with two attached hydrogens (primary N) is 2. The summed E-state index contributed by atoms with van der Waals surface area (Å²) in [6.45, 7) is 2.26. The fourth-order valence-corrected chi connectivity index (χ4v) is 4.25. The van der Waals surface area contributed by atoms with Gasteiger partial charge in [-0.25, -0.2) is 9.37 Å². The summed E-state index contributed by atoms with van der Waals surface area (Å²) < 4.78 is 20.5. The average molecular weight is 444 g/mol. The molecule has 1 aliphatic heterocycles. The average Bonchev–Trinajstić information content (AvgIpc) is 3.64. The third-order valence-electron chi connectivity index (χ3n) is 6.18. The smallest absolute Gasteiger partial charge is 0.166 e. The fourth-order valence-electron chi connectivity index (χ4n) is 4.25. The van der Waals surface area contributed by atoms with Gasteiger partial charge in [0.15, 0.2) is 11.6 Å². The van der Waals surface area contributed by atoms with E-state index in [1.807, 2.05) is 25.1 Å². The van der Waals surface area contributed by atoms with Gasteiger partial charge in [-0.1, -0.05) is 6.07 Å². The lowest BCUT2D eigenvalue weighted by Crippen LogP contribution is -2.13. The first-order valence-corrected chi connectivity index (χ1v) is 11.2. The van der Waals surface area contributed by atoms with Gasteiger partial charge in [0.05, 0.1) is 18.0 Å². The zero-order valence-corrected chi connectivity index (χ0v) is 18.5. The number of halogens is 1. The van der Waals surface area contributed by atoms with E-state index in [0.29, 0.717) is 23.8 Å². The first kappa shape index (κ1) is 21.1. The third kappa shape index (κ3) is 4.31. The van der Waals surface area contributed by atoms with Crippen molar-refractivity contribution >= 4 is 11.5 Å². The third-order valence-corrected chi connectivity index (χ3v) is 6.18. The molecule has 6 nitrogen and oxygen atoms in total. The molecule has 1 aromatic carbocycles. The van der Waals surface area contributed by atoms with Gasteiger partial charge < -0.3 is 16.2 Å². The van der Waals surface area contributed by atoms with Crippen LogP contribution in [-0.4, -0.2) is 15.7 Å². The lowest BCUT2D eigenvalue weighted by atomic mass is 9.96. The van der Waals surface area contributed by atoms with Crippen molar-refractivity contribution in [2.75, 3.05) is 5.73 Å². The molecular weight excluding hydrogens is 417 g/mol. The Morgan fingerprint density at radius 3 is 2.85 bits per heavy atom. The molecule has 2 aromatic heterocycles. The SMILES string of the molecule is C[C@H]1Oc2cc(cnc2N)C(C(=CN)CC2CC2)=NCc2cccnc2-c2ccc(F)cc21. The van der Waals surface area contributed by atoms with Crippen molar-refractivity contribution in [1.82, 2.24) is 9.97 Å². The van der Waals surface area contributed by atoms with Gasteiger partial charge in [0.2, 0.25) is 0 Å². The normalized spacial score (nSPS) is 18.2. The number of nitrogen functional groups attached to an aromatic ring is 1. The van der Waals surface area contributed by atoms with Gasteiger partial charge in [-0.2, -0.15) is 0 Å². The maximum absolute atomic E-state index is 14.2. The Bertz CT molecular complexity index is 1270. The van der Waals surface area contributed by atoms with Crippen LogP contribution in [0.4, 0.5) is 10.2 Å². The molecule has 0 saturated heterocycles. The van der Waals surface area contributed by atoms with E-state index in [0.717, 1.165) is 40.1 Å². The zero-order valence-electron chi connectivity index (χ0n) is 18.5. The highest BCUT2D eigenvalue weighted by Crippen LogP contribution is 2.38. The number of aliphatic imine (C=N–C) groups is 1. The fraction of sp³-hybridized carbons (Fsp3) is 0.269. The number of hydrogen-bond acceptors (Lipinski definition) is 6. The van der Waals surface area contributed by atoms with Crippen LogP contribution in [-0.2, 0) is 6.54 Å². The number of fused-ring (bicyclic) bond motifs is 5. The molecule has 5 rings (SSSR count). The van der Waals surface area contributed by atoms with Gasteiger partial charge in [0, 0.05) is 29.1 Å². The number of aromatic nitrogens is 2. The molecule has 168 valence electrons. The lowest BCUT2D eigenvalue weighted by Gasteiger charge is -2.22. The summed E-state index contributed by atoms with van der Waals surface area (Å²) in [6.07, 6.45) is 7.87. The minimum Gasteiger partial charge on any atom is -0.482 e. The summed E-state index contributed by atoms with van der Waals surface area (Å²) in [5.41, 5.74) is 17.9. The van der Waals surface area contributed by atoms with Crippen LogP contribution in [0.25, 0.3) is 11.3 Å². The summed E-state index contributed by atoms with van der Waals surface area (Å²) in [5, 5.41) is 0. The monoisotopic (exact) mass is 443 g/mol. The predicted molar refractivity (Wildman–Crippen MR) is 127 cm³/mol. The van der Waals surface area contributed by atoms with Crippen LogP contribution < -0.4 is 16.2 Å². The lowest BCUT2D eigenvalue weighted by molar-refractivity contribution is 0.227. The Kier molecular flexibility index (Phi) is 5.54. The minimum absolute atomic E-state index is 0.263. The van der Waals surface area contributed by atoms with Crippen LogP contribution in [0.2, 0.25) is 0 Å². The molecule has 0 unspecified atom stereocenters. The Morgan fingerprint density at radius 2 is 2.06 bits per heavy atom. The molecular formula is C26H26FN5O. The highest BCUT2D eigenvalue weighted by Gasteiger charge is 2.26. The number of ether oxygens (including phenoxy) is 1. The molecule has 1 aliphatic carbocycles. The van der Waals surface area contributed by atoms with Gasteiger partial charge in [-0.15, -0.1) is 0 Å². The number of anilines is 1. The van der Waals surface area contributed by atoms with Crippen LogP contribution in [0.5, 0.6) is 5.75 Å². The van der Waals surface area contributed by atoms with E-state index in [-0.39, 0.29) is 11.6 Å². The number of nitrogens with zero attached hydrogens (tertiary/aromatic N) is 3. The van der Waals surface area contributed by atoms with Crippen LogP contribution in [0.15, 0.2) is 65.6 Å². The van der Waals surface area contributed by atoms with E-state index in [1.165, 1.54) is 25.0 Å². The summed E-state index contributed by atoms with van der Waals surface area (Å²) in [7, 11) is 0. The van der Waals surface area contributed by atoms with Crippen LogP contribution in [0.1, 0.15) is 49.0 Å². The molecule has 2 bridgehead atoms. The maximum Gasteiger partial charge on any atom is 0.166 e. The topological polar surface area (TPSA) is 99.4 Å². The maximum atomic E-state index is 14.2. The van der Waals surface area contributed by atoms with Crippen molar-refractivity contribution in [3.63, 3.8) is 0 Å². The summed E-state index contributed by atoms with van der Waals surface area (Å²) in [6, 6.07) is 10.4. The number of rotatable bonds is 3. The second kappa shape index (κ2) is 8.65. The molecule has 1 atom stereocenters. The van der Waals surface area contributed by atoms with Crippen molar-refractivity contribution in [2.45, 2.75) is 38.8 Å². The Morgan fingerprint density at radius 1 is 1.21 bits per heavy atom. The first-order chi connectivity index (χ1) is 16.0. The predicted octanol–water partition coefficient (Wildman–Crippen LogP) is 4.95. The molecule has 7 heteroatoms. The second-order valence-electron chi connectivity index (χ2n) is 8.61. The first-order valence-electron chi connectivity index (χ1n) is 11.2. The highest BCUT2D eigenvalue weighted by atomic mass is 19.1. The van der Waals surface area contributed by atoms with Gasteiger partial charge in [-0.05, 0) is 79.8 Å². The largest absolute Gasteiger partial charge is 0.482 e. The molecule has 3 heterocycles. The summed E-state index contributed by atoms with van der Waals surface area (Å²) >= 11 is 0. The van der Waals surface area contributed by atoms with Crippen LogP contribution in [0, 0.1) is 11.7 Å². The number of hydrogen-bond donors (Lipinski definition) is 2. The molecule has 0 spiro atoms. The van der Waals surface area contributed by atoms with Crippen LogP contribution >= 0.6 is 0 Å². The van der Waals surface area contributed by atoms with Crippen molar-refractivity contribution < 1.29 is 9.13 Å². The Labute approximate surface area is 192 Å². The number of allylic oxidation sites excluding steroid dienone is 1. The molecule has 2 aliphatic rings. The Hall–Kier alpha value is -3.74. The standard InChI is InChI=1S/C26H26FN5O/c1-15-22-11-20(27)6-7-21(22)25-17(3-2-8-30-25)13-31-24(18(12-28)9-16-4-5-16)19-10-23(33-15)26(29)32-14-19/h2-3,6-8,10-12,14-16H,4-5,9,13,28H2,1H3,(H2,29,32)/t15-/m1/s1. The molecule has 1 fully saturated rings. The summed E-state index contributed by atoms with van der Waals surface area (Å²) in [5.74, 6) is 0.982. The van der Waals surface area contributed by atoms with Crippen molar-refractivity contribution in [3.05, 3.63) is 83.1 Å². The second-order valence-corrected chi connectivity index (χ2v) is 8.61. The van der Waals surface area contributed by atoms with Gasteiger partial charge >= 0.3 is 0 Å². The van der Waals surface area contributed by atoms with Crippen molar-refractivity contribution in [1.29, 1.82) is 0 Å². The van der Waals surface area contributed by atoms with E-state index in [1.54, 1.807) is 24.7 Å². The van der Waals surface area contributed by atoms with E-state index in [9.17, 15) is 4.39 Å². The minimum atomic E-state index is -0.485. The molecule has 1 saturated carbocycles. The molecule has 4 N–H and O–H groups in total. The van der Waals surface area contributed by atoms with E-state index < -0.39 is 6.10 Å². The van der Waals surface area contributed by atoms with Crippen LogP contribution in [0.3, 0.4) is 0 Å². The van der Waals surface area contributed by atoms with Gasteiger partial charge in [0.1, 0.15) is 11.9 Å². The van der Waals surface area contributed by atoms with Gasteiger partial charge in [0.25, 0.3) is 0 Å². The zero-order chi connectivity index (χ0) is 22.9. The van der Waals surface area contributed by atoms with Gasteiger partial charge in [-0.3, -0.25) is 9.98 Å². The molecule has 3 aromatic rings. The molecule has 33 heavy (non-hydrogen) atoms. The quantitative estimate of drug-likeness (QED) is 0.597.